The van der Waals surface area contributed by atoms with Gasteiger partial charge in [0.25, 0.3) is 17.4 Å². The Labute approximate surface area is 175 Å². The van der Waals surface area contributed by atoms with Crippen molar-refractivity contribution in [3.8, 4) is 0 Å². The Balaban J connectivity index is 1.63. The number of carbonyl (C=O) groups excluding carboxylic acids is 2. The molecule has 2 amide bonds. The van der Waals surface area contributed by atoms with Crippen molar-refractivity contribution in [2.75, 3.05) is 6.61 Å². The Morgan fingerprint density at radius 1 is 1.14 bits per heavy atom. The fourth-order valence-corrected chi connectivity index (χ4v) is 3.70. The van der Waals surface area contributed by atoms with Gasteiger partial charge in [-0.3, -0.25) is 28.8 Å². The quantitative estimate of drug-likeness (QED) is 0.346. The molecule has 11 nitrogen and oxygen atoms in total. The highest BCUT2D eigenvalue weighted by Crippen LogP contribution is 2.33. The van der Waals surface area contributed by atoms with E-state index in [2.05, 4.69) is 4.98 Å². The van der Waals surface area contributed by atoms with Gasteiger partial charge in [0.2, 0.25) is 0 Å². The Bertz CT molecular complexity index is 1080. The van der Waals surface area contributed by atoms with Crippen molar-refractivity contribution in [1.82, 2.24) is 14.6 Å². The van der Waals surface area contributed by atoms with Crippen molar-refractivity contribution < 1.29 is 29.4 Å². The van der Waals surface area contributed by atoms with Gasteiger partial charge in [0.1, 0.15) is 18.3 Å². The summed E-state index contributed by atoms with van der Waals surface area (Å²) in [6, 6.07) is 6.12. The van der Waals surface area contributed by atoms with Gasteiger partial charge in [-0.25, -0.2) is 4.79 Å². The van der Waals surface area contributed by atoms with Crippen LogP contribution < -0.4 is 11.2 Å². The summed E-state index contributed by atoms with van der Waals surface area (Å²) in [5.74, 6) is -1.43. The third kappa shape index (κ3) is 3.22. The summed E-state index contributed by atoms with van der Waals surface area (Å²) in [7, 11) is 0. The van der Waals surface area contributed by atoms with Crippen LogP contribution in [0.4, 0.5) is 0 Å². The number of rotatable bonds is 4. The summed E-state index contributed by atoms with van der Waals surface area (Å²) in [5.41, 5.74) is -1.14. The fraction of sp³-hybridized carbons (Fsp3) is 0.294. The molecule has 4 rings (SSSR count). The molecule has 0 radical (unpaired) electrons. The van der Waals surface area contributed by atoms with Crippen LogP contribution in [0.1, 0.15) is 26.9 Å². The Morgan fingerprint density at radius 3 is 2.34 bits per heavy atom. The van der Waals surface area contributed by atoms with E-state index in [1.807, 2.05) is 0 Å². The number of nitrogens with zero attached hydrogens (tertiary/aromatic N) is 2. The van der Waals surface area contributed by atoms with Crippen LogP contribution in [0.15, 0.2) is 40.1 Å². The number of imide groups is 1. The summed E-state index contributed by atoms with van der Waals surface area (Å²) in [6.07, 6.45) is -4.13. The molecule has 2 unspecified atom stereocenters. The molecule has 0 bridgehead atoms. The second kappa shape index (κ2) is 7.46. The predicted molar refractivity (Wildman–Crippen MR) is 103 cm³/mol. The fourth-order valence-electron chi connectivity index (χ4n) is 3.26. The first kappa shape index (κ1) is 19.9. The summed E-state index contributed by atoms with van der Waals surface area (Å²) in [6.45, 7) is -0.614. The highest BCUT2D eigenvalue weighted by molar-refractivity contribution is 14.1. The number of amides is 2. The second-order valence-electron chi connectivity index (χ2n) is 6.40. The Kier molecular flexibility index (Phi) is 5.12. The highest BCUT2D eigenvalue weighted by Gasteiger charge is 2.49. The number of aliphatic hydroxyl groups is 2. The molecular formula is C17H14IN3O8. The average Bonchev–Trinajstić information content (AvgIpc) is 3.14. The number of aromatic nitrogens is 2. The number of aromatic amines is 1. The van der Waals surface area contributed by atoms with Gasteiger partial charge >= 0.3 is 5.69 Å². The molecule has 0 spiro atoms. The minimum Gasteiger partial charge on any atom is -0.394 e. The lowest BCUT2D eigenvalue weighted by atomic mass is 10.1. The van der Waals surface area contributed by atoms with E-state index < -0.39 is 54.2 Å². The lowest BCUT2D eigenvalue weighted by Gasteiger charge is -2.23. The molecule has 4 atom stereocenters. The van der Waals surface area contributed by atoms with Crippen LogP contribution in [0.3, 0.4) is 0 Å². The number of aliphatic hydroxyl groups excluding tert-OH is 2. The maximum Gasteiger partial charge on any atom is 0.330 e. The zero-order valence-electron chi connectivity index (χ0n) is 14.5. The topological polar surface area (TPSA) is 151 Å². The van der Waals surface area contributed by atoms with E-state index in [0.717, 1.165) is 4.57 Å². The number of fused-ring (bicyclic) bond motifs is 1. The van der Waals surface area contributed by atoms with E-state index in [1.165, 1.54) is 18.3 Å². The van der Waals surface area contributed by atoms with Gasteiger partial charge in [-0.05, 0) is 34.7 Å². The minimum atomic E-state index is -1.53. The van der Waals surface area contributed by atoms with Crippen LogP contribution in [0.25, 0.3) is 0 Å². The van der Waals surface area contributed by atoms with Gasteiger partial charge < -0.3 is 14.9 Å². The standard InChI is InChI=1S/C17H14IN3O8/c18-9-5-20(17(27)19-13(9)24)16-11(23)12(10(6-22)28-16)29-21-14(25)7-3-1-2-4-8(7)15(21)26/h1-5,10-12,16,22-23H,6H2,(H,19,24,27)/t10-,11?,12?,16-/m1/s1. The molecule has 29 heavy (non-hydrogen) atoms. The van der Waals surface area contributed by atoms with Crippen LogP contribution in [-0.2, 0) is 9.57 Å². The van der Waals surface area contributed by atoms with Crippen molar-refractivity contribution in [2.24, 2.45) is 0 Å². The normalized spacial score (nSPS) is 26.2. The first-order valence-electron chi connectivity index (χ1n) is 8.43. The molecule has 1 saturated heterocycles. The maximum atomic E-state index is 12.5. The van der Waals surface area contributed by atoms with Gasteiger partial charge in [-0.2, -0.15) is 0 Å². The Hall–Kier alpha value is -2.39. The molecule has 152 valence electrons. The number of hydroxylamine groups is 2. The van der Waals surface area contributed by atoms with Crippen molar-refractivity contribution in [3.05, 3.63) is 66.0 Å². The monoisotopic (exact) mass is 515 g/mol. The molecule has 1 aromatic heterocycles. The molecule has 3 N–H and O–H groups in total. The van der Waals surface area contributed by atoms with Crippen molar-refractivity contribution in [2.45, 2.75) is 24.5 Å². The van der Waals surface area contributed by atoms with Crippen LogP contribution >= 0.6 is 22.6 Å². The molecule has 0 saturated carbocycles. The molecule has 1 aromatic carbocycles. The number of nitrogens with one attached hydrogen (secondary N) is 1. The third-order valence-electron chi connectivity index (χ3n) is 4.67. The lowest BCUT2D eigenvalue weighted by molar-refractivity contribution is -0.170. The lowest BCUT2D eigenvalue weighted by Crippen LogP contribution is -2.44. The number of halogens is 1. The summed E-state index contributed by atoms with van der Waals surface area (Å²) >= 11 is 1.71. The number of carbonyl (C=O) groups is 2. The zero-order chi connectivity index (χ0) is 20.9. The van der Waals surface area contributed by atoms with Crippen LogP contribution in [0.2, 0.25) is 0 Å². The molecule has 2 aliphatic rings. The predicted octanol–water partition coefficient (Wildman–Crippen LogP) is -1.01. The van der Waals surface area contributed by atoms with E-state index in [-0.39, 0.29) is 14.7 Å². The summed E-state index contributed by atoms with van der Waals surface area (Å²) < 4.78 is 6.63. The molecule has 2 aromatic rings. The molecule has 0 aliphatic carbocycles. The molecular weight excluding hydrogens is 501 g/mol. The number of hydrogen-bond donors (Lipinski definition) is 3. The Morgan fingerprint density at radius 2 is 1.76 bits per heavy atom. The first-order valence-corrected chi connectivity index (χ1v) is 9.51. The van der Waals surface area contributed by atoms with E-state index in [1.54, 1.807) is 34.7 Å². The van der Waals surface area contributed by atoms with Crippen LogP contribution in [-0.4, -0.2) is 61.6 Å². The van der Waals surface area contributed by atoms with Gasteiger partial charge in [-0.1, -0.05) is 12.1 Å². The van der Waals surface area contributed by atoms with Crippen molar-refractivity contribution >= 4 is 34.4 Å². The molecule has 2 aliphatic heterocycles. The van der Waals surface area contributed by atoms with Crippen LogP contribution in [0, 0.1) is 3.57 Å². The maximum absolute atomic E-state index is 12.5. The largest absolute Gasteiger partial charge is 0.394 e. The van der Waals surface area contributed by atoms with Crippen molar-refractivity contribution in [3.63, 3.8) is 0 Å². The van der Waals surface area contributed by atoms with E-state index in [9.17, 15) is 29.4 Å². The molecule has 1 fully saturated rings. The molecule has 3 heterocycles. The number of hydrogen-bond acceptors (Lipinski definition) is 8. The SMILES string of the molecule is O=C1c2ccccc2C(=O)N1OC1C(O)[C@H](n2cc(I)c(=O)[nH]c2=O)O[C@@H]1CO. The van der Waals surface area contributed by atoms with Crippen LogP contribution in [0.5, 0.6) is 0 Å². The van der Waals surface area contributed by atoms with Gasteiger partial charge in [-0.15, -0.1) is 5.06 Å². The summed E-state index contributed by atoms with van der Waals surface area (Å²) in [5, 5.41) is 20.8. The average molecular weight is 515 g/mol. The second-order valence-corrected chi connectivity index (χ2v) is 7.56. The van der Waals surface area contributed by atoms with Gasteiger partial charge in [0.05, 0.1) is 21.3 Å². The van der Waals surface area contributed by atoms with E-state index in [4.69, 9.17) is 9.57 Å². The van der Waals surface area contributed by atoms with E-state index in [0.29, 0.717) is 5.06 Å². The first-order chi connectivity index (χ1) is 13.8. The highest BCUT2D eigenvalue weighted by atomic mass is 127. The number of H-pyrrole nitrogens is 1. The number of ether oxygens (including phenoxy) is 1. The summed E-state index contributed by atoms with van der Waals surface area (Å²) in [4.78, 5) is 56.2. The third-order valence-corrected chi connectivity index (χ3v) is 5.44. The molecule has 12 heteroatoms. The number of benzene rings is 1. The van der Waals surface area contributed by atoms with Gasteiger partial charge in [0.15, 0.2) is 6.23 Å². The van der Waals surface area contributed by atoms with Gasteiger partial charge in [0, 0.05) is 6.20 Å². The van der Waals surface area contributed by atoms with Crippen molar-refractivity contribution in [1.29, 1.82) is 0 Å². The smallest absolute Gasteiger partial charge is 0.330 e. The van der Waals surface area contributed by atoms with E-state index >= 15 is 0 Å². The minimum absolute atomic E-state index is 0.148. The zero-order valence-corrected chi connectivity index (χ0v) is 16.7.